The van der Waals surface area contributed by atoms with Gasteiger partial charge in [-0.25, -0.2) is 14.1 Å². The van der Waals surface area contributed by atoms with Crippen LogP contribution < -0.4 is 19.7 Å². The molecule has 1 aliphatic heterocycles. The SMILES string of the molecule is COc1ccc(N2C(=O)NC(=O)/C(=C\c3ccc(OCc4cccc(F)c4)c(Cl)c3)C2=O)cc1. The van der Waals surface area contributed by atoms with Gasteiger partial charge in [-0.1, -0.05) is 29.8 Å². The summed E-state index contributed by atoms with van der Waals surface area (Å²) in [6, 6.07) is 16.1. The number of hydrogen-bond acceptors (Lipinski definition) is 5. The molecule has 0 radical (unpaired) electrons. The molecule has 4 amide bonds. The number of hydrogen-bond donors (Lipinski definition) is 1. The predicted molar refractivity (Wildman–Crippen MR) is 124 cm³/mol. The van der Waals surface area contributed by atoms with Gasteiger partial charge in [0.1, 0.15) is 29.5 Å². The van der Waals surface area contributed by atoms with E-state index in [1.165, 1.54) is 43.5 Å². The summed E-state index contributed by atoms with van der Waals surface area (Å²) in [4.78, 5) is 38.6. The maximum Gasteiger partial charge on any atom is 0.335 e. The number of carbonyl (C=O) groups is 3. The quantitative estimate of drug-likeness (QED) is 0.407. The number of methoxy groups -OCH3 is 1. The fourth-order valence-corrected chi connectivity index (χ4v) is 3.55. The normalized spacial score (nSPS) is 14.9. The molecule has 1 fully saturated rings. The van der Waals surface area contributed by atoms with Gasteiger partial charge in [0.15, 0.2) is 0 Å². The molecule has 0 spiro atoms. The third-order valence-electron chi connectivity index (χ3n) is 4.98. The molecule has 1 heterocycles. The molecule has 34 heavy (non-hydrogen) atoms. The number of imide groups is 2. The molecule has 4 rings (SSSR count). The molecule has 0 saturated carbocycles. The van der Waals surface area contributed by atoms with Crippen molar-refractivity contribution in [2.24, 2.45) is 0 Å². The molecule has 9 heteroatoms. The van der Waals surface area contributed by atoms with Crippen LogP contribution in [-0.2, 0) is 16.2 Å². The summed E-state index contributed by atoms with van der Waals surface area (Å²) in [5.74, 6) is -1.06. The Morgan fingerprint density at radius 1 is 1.03 bits per heavy atom. The lowest BCUT2D eigenvalue weighted by Gasteiger charge is -2.26. The molecule has 3 aromatic carbocycles. The zero-order chi connectivity index (χ0) is 24.2. The van der Waals surface area contributed by atoms with E-state index in [-0.39, 0.29) is 28.7 Å². The van der Waals surface area contributed by atoms with Crippen LogP contribution in [0.15, 0.2) is 72.3 Å². The maximum absolute atomic E-state index is 13.3. The molecule has 3 aromatic rings. The fourth-order valence-electron chi connectivity index (χ4n) is 3.30. The van der Waals surface area contributed by atoms with Crippen LogP contribution in [0.25, 0.3) is 6.08 Å². The fraction of sp³-hybridized carbons (Fsp3) is 0.0800. The van der Waals surface area contributed by atoms with Gasteiger partial charge >= 0.3 is 6.03 Å². The second-order valence-corrected chi connectivity index (χ2v) is 7.67. The lowest BCUT2D eigenvalue weighted by Crippen LogP contribution is -2.54. The van der Waals surface area contributed by atoms with Crippen LogP contribution in [0.5, 0.6) is 11.5 Å². The number of nitrogens with zero attached hydrogens (tertiary/aromatic N) is 1. The molecule has 0 aromatic heterocycles. The Kier molecular flexibility index (Phi) is 6.60. The number of halogens is 2. The highest BCUT2D eigenvalue weighted by atomic mass is 35.5. The Balaban J connectivity index is 1.55. The minimum atomic E-state index is -0.851. The van der Waals surface area contributed by atoms with Gasteiger partial charge in [0, 0.05) is 0 Å². The number of benzene rings is 3. The molecule has 172 valence electrons. The highest BCUT2D eigenvalue weighted by Crippen LogP contribution is 2.29. The van der Waals surface area contributed by atoms with Crippen LogP contribution in [0.3, 0.4) is 0 Å². The summed E-state index contributed by atoms with van der Waals surface area (Å²) in [6.07, 6.45) is 1.34. The molecule has 1 N–H and O–H groups in total. The molecule has 0 unspecified atom stereocenters. The molecular weight excluding hydrogens is 463 g/mol. The van der Waals surface area contributed by atoms with E-state index < -0.39 is 17.8 Å². The van der Waals surface area contributed by atoms with E-state index in [0.717, 1.165) is 4.90 Å². The van der Waals surface area contributed by atoms with Gasteiger partial charge in [0.05, 0.1) is 17.8 Å². The Morgan fingerprint density at radius 2 is 1.79 bits per heavy atom. The van der Waals surface area contributed by atoms with E-state index in [2.05, 4.69) is 5.32 Å². The van der Waals surface area contributed by atoms with E-state index in [9.17, 15) is 18.8 Å². The molecule has 1 aliphatic rings. The molecular formula is C25H18ClFN2O5. The van der Waals surface area contributed by atoms with Crippen molar-refractivity contribution in [3.8, 4) is 11.5 Å². The van der Waals surface area contributed by atoms with Crippen molar-refractivity contribution in [2.45, 2.75) is 6.61 Å². The number of amides is 4. The van der Waals surface area contributed by atoms with Crippen LogP contribution >= 0.6 is 11.6 Å². The van der Waals surface area contributed by atoms with E-state index in [1.54, 1.807) is 36.4 Å². The summed E-state index contributed by atoms with van der Waals surface area (Å²) >= 11 is 6.30. The van der Waals surface area contributed by atoms with Crippen LogP contribution in [0.1, 0.15) is 11.1 Å². The molecule has 7 nitrogen and oxygen atoms in total. The summed E-state index contributed by atoms with van der Waals surface area (Å²) in [7, 11) is 1.50. The summed E-state index contributed by atoms with van der Waals surface area (Å²) in [6.45, 7) is 0.109. The van der Waals surface area contributed by atoms with E-state index in [0.29, 0.717) is 22.6 Å². The lowest BCUT2D eigenvalue weighted by molar-refractivity contribution is -0.122. The third-order valence-corrected chi connectivity index (χ3v) is 5.28. The van der Waals surface area contributed by atoms with E-state index in [1.807, 2.05) is 0 Å². The zero-order valence-electron chi connectivity index (χ0n) is 17.9. The zero-order valence-corrected chi connectivity index (χ0v) is 18.6. The topological polar surface area (TPSA) is 84.9 Å². The minimum Gasteiger partial charge on any atom is -0.497 e. The van der Waals surface area contributed by atoms with Crippen molar-refractivity contribution in [3.05, 3.63) is 94.3 Å². The van der Waals surface area contributed by atoms with Gasteiger partial charge in [0.2, 0.25) is 0 Å². The van der Waals surface area contributed by atoms with E-state index in [4.69, 9.17) is 21.1 Å². The van der Waals surface area contributed by atoms with Gasteiger partial charge in [-0.05, 0) is 65.7 Å². The molecule has 1 saturated heterocycles. The smallest absolute Gasteiger partial charge is 0.335 e. The first-order chi connectivity index (χ1) is 16.4. The highest BCUT2D eigenvalue weighted by Gasteiger charge is 2.36. The van der Waals surface area contributed by atoms with Crippen molar-refractivity contribution in [1.82, 2.24) is 5.32 Å². The number of carbonyl (C=O) groups excluding carboxylic acids is 3. The number of urea groups is 1. The number of nitrogens with one attached hydrogen (secondary N) is 1. The first-order valence-corrected chi connectivity index (χ1v) is 10.5. The Morgan fingerprint density at radius 3 is 2.47 bits per heavy atom. The highest BCUT2D eigenvalue weighted by molar-refractivity contribution is 6.39. The van der Waals surface area contributed by atoms with Crippen molar-refractivity contribution in [3.63, 3.8) is 0 Å². The monoisotopic (exact) mass is 480 g/mol. The van der Waals surface area contributed by atoms with Gasteiger partial charge < -0.3 is 9.47 Å². The van der Waals surface area contributed by atoms with Crippen molar-refractivity contribution in [2.75, 3.05) is 12.0 Å². The van der Waals surface area contributed by atoms with Crippen molar-refractivity contribution in [1.29, 1.82) is 0 Å². The summed E-state index contributed by atoms with van der Waals surface area (Å²) in [5.41, 5.74) is 1.13. The second-order valence-electron chi connectivity index (χ2n) is 7.26. The molecule has 0 aliphatic carbocycles. The lowest BCUT2D eigenvalue weighted by atomic mass is 10.1. The first kappa shape index (κ1) is 23.0. The standard InChI is InChI=1S/C25H18ClFN2O5/c1-33-19-8-6-18(7-9-19)29-24(31)20(23(30)28-25(29)32)12-15-5-10-22(21(26)13-15)34-14-16-3-2-4-17(27)11-16/h2-13H,14H2,1H3,(H,28,30,32)/b20-12+. The van der Waals surface area contributed by atoms with Crippen LogP contribution in [0.4, 0.5) is 14.9 Å². The average Bonchev–Trinajstić information content (AvgIpc) is 2.81. The van der Waals surface area contributed by atoms with Gasteiger partial charge in [-0.15, -0.1) is 0 Å². The number of barbiturate groups is 1. The summed E-state index contributed by atoms with van der Waals surface area (Å²) < 4.78 is 24.1. The van der Waals surface area contributed by atoms with Gasteiger partial charge in [0.25, 0.3) is 11.8 Å². The Labute approximate surface area is 199 Å². The Bertz CT molecular complexity index is 1310. The molecule has 0 bridgehead atoms. The van der Waals surface area contributed by atoms with E-state index >= 15 is 0 Å². The van der Waals surface area contributed by atoms with Gasteiger partial charge in [-0.3, -0.25) is 14.9 Å². The second kappa shape index (κ2) is 9.76. The van der Waals surface area contributed by atoms with Gasteiger partial charge in [-0.2, -0.15) is 0 Å². The largest absolute Gasteiger partial charge is 0.497 e. The van der Waals surface area contributed by atoms with Crippen LogP contribution in [0.2, 0.25) is 5.02 Å². The van der Waals surface area contributed by atoms with Crippen LogP contribution in [0, 0.1) is 5.82 Å². The summed E-state index contributed by atoms with van der Waals surface area (Å²) in [5, 5.41) is 2.40. The number of ether oxygens (including phenoxy) is 2. The molecule has 0 atom stereocenters. The Hall–Kier alpha value is -4.17. The van der Waals surface area contributed by atoms with Crippen LogP contribution in [-0.4, -0.2) is 25.0 Å². The first-order valence-electron chi connectivity index (χ1n) is 10.1. The predicted octanol–water partition coefficient (Wildman–Crippen LogP) is 4.73. The van der Waals surface area contributed by atoms with Crippen molar-refractivity contribution < 1.29 is 28.2 Å². The number of anilines is 1. The maximum atomic E-state index is 13.3. The minimum absolute atomic E-state index is 0.109. The average molecular weight is 481 g/mol. The van der Waals surface area contributed by atoms with Crippen molar-refractivity contribution >= 4 is 41.2 Å². The number of rotatable bonds is 6. The third kappa shape index (κ3) is 4.92.